The van der Waals surface area contributed by atoms with Crippen molar-refractivity contribution in [1.82, 2.24) is 25.0 Å². The lowest BCUT2D eigenvalue weighted by atomic mass is 10.3. The number of nitrogens with two attached hydrogens (primary N) is 1. The van der Waals surface area contributed by atoms with Gasteiger partial charge in [-0.2, -0.15) is 10.1 Å². The molecule has 0 aromatic carbocycles. The third kappa shape index (κ3) is 2.46. The van der Waals surface area contributed by atoms with Crippen LogP contribution in [0.4, 0.5) is 11.9 Å². The van der Waals surface area contributed by atoms with Crippen molar-refractivity contribution in [3.8, 4) is 0 Å². The Hall–Kier alpha value is -2.05. The van der Waals surface area contributed by atoms with Gasteiger partial charge in [0, 0.05) is 26.2 Å². The summed E-state index contributed by atoms with van der Waals surface area (Å²) in [7, 11) is 1.90. The maximum atomic E-state index is 5.38. The number of H-pyrrole nitrogens is 1. The lowest BCUT2D eigenvalue weighted by Gasteiger charge is -1.98. The summed E-state index contributed by atoms with van der Waals surface area (Å²) in [6.07, 6.45) is 2.75. The second-order valence-corrected chi connectivity index (χ2v) is 3.20. The Morgan fingerprint density at radius 3 is 3.07 bits per heavy atom. The lowest BCUT2D eigenvalue weighted by molar-refractivity contribution is 0.741. The first-order valence-corrected chi connectivity index (χ1v) is 4.64. The maximum Gasteiger partial charge on any atom is 0.243 e. The van der Waals surface area contributed by atoms with Crippen LogP contribution in [-0.2, 0) is 13.5 Å². The Balaban J connectivity index is 1.80. The van der Waals surface area contributed by atoms with Crippen molar-refractivity contribution in [3.05, 3.63) is 18.0 Å². The average Bonchev–Trinajstić information content (AvgIpc) is 2.76. The van der Waals surface area contributed by atoms with Gasteiger partial charge in [-0.3, -0.25) is 4.68 Å². The molecular weight excluding hydrogens is 194 g/mol. The quantitative estimate of drug-likeness (QED) is 0.643. The first-order chi connectivity index (χ1) is 7.24. The SMILES string of the molecule is Cn1ccc(CCNc2n[nH]c(N)n2)n1. The minimum Gasteiger partial charge on any atom is -0.368 e. The second-order valence-electron chi connectivity index (χ2n) is 3.20. The normalized spacial score (nSPS) is 10.5. The van der Waals surface area contributed by atoms with Crippen LogP contribution >= 0.6 is 0 Å². The van der Waals surface area contributed by atoms with Crippen LogP contribution in [-0.4, -0.2) is 31.5 Å². The first kappa shape index (κ1) is 9.50. The molecule has 0 aliphatic heterocycles. The summed E-state index contributed by atoms with van der Waals surface area (Å²) in [6, 6.07) is 1.98. The lowest BCUT2D eigenvalue weighted by Crippen LogP contribution is -2.07. The van der Waals surface area contributed by atoms with Gasteiger partial charge in [0.2, 0.25) is 11.9 Å². The van der Waals surface area contributed by atoms with Crippen LogP contribution in [0.2, 0.25) is 0 Å². The molecule has 0 saturated heterocycles. The van der Waals surface area contributed by atoms with Crippen LogP contribution in [0.1, 0.15) is 5.69 Å². The number of nitrogens with zero attached hydrogens (tertiary/aromatic N) is 4. The molecule has 0 aliphatic carbocycles. The van der Waals surface area contributed by atoms with E-state index in [1.165, 1.54) is 0 Å². The Kier molecular flexibility index (Phi) is 2.53. The molecule has 2 aromatic heterocycles. The minimum atomic E-state index is 0.315. The van der Waals surface area contributed by atoms with Gasteiger partial charge in [-0.15, -0.1) is 5.10 Å². The molecular formula is C8H13N7. The fourth-order valence-corrected chi connectivity index (χ4v) is 1.25. The van der Waals surface area contributed by atoms with E-state index in [0.717, 1.165) is 18.7 Å². The Morgan fingerprint density at radius 1 is 1.60 bits per heavy atom. The minimum absolute atomic E-state index is 0.315. The van der Waals surface area contributed by atoms with Crippen molar-refractivity contribution >= 4 is 11.9 Å². The van der Waals surface area contributed by atoms with E-state index in [4.69, 9.17) is 5.73 Å². The van der Waals surface area contributed by atoms with Crippen molar-refractivity contribution < 1.29 is 0 Å². The monoisotopic (exact) mass is 207 g/mol. The van der Waals surface area contributed by atoms with E-state index < -0.39 is 0 Å². The van der Waals surface area contributed by atoms with Gasteiger partial charge in [0.25, 0.3) is 0 Å². The number of nitrogen functional groups attached to an aromatic ring is 1. The summed E-state index contributed by atoms with van der Waals surface area (Å²) in [6.45, 7) is 0.730. The number of hydrogen-bond acceptors (Lipinski definition) is 5. The largest absolute Gasteiger partial charge is 0.368 e. The molecule has 4 N–H and O–H groups in total. The highest BCUT2D eigenvalue weighted by molar-refractivity contribution is 5.29. The third-order valence-corrected chi connectivity index (χ3v) is 1.94. The zero-order chi connectivity index (χ0) is 10.7. The smallest absolute Gasteiger partial charge is 0.243 e. The summed E-state index contributed by atoms with van der Waals surface area (Å²) < 4.78 is 1.78. The van der Waals surface area contributed by atoms with Gasteiger partial charge in [-0.25, -0.2) is 5.10 Å². The van der Waals surface area contributed by atoms with Crippen molar-refractivity contribution in [1.29, 1.82) is 0 Å². The molecule has 15 heavy (non-hydrogen) atoms. The molecule has 0 atom stereocenters. The topological polar surface area (TPSA) is 97.4 Å². The fraction of sp³-hybridized carbons (Fsp3) is 0.375. The van der Waals surface area contributed by atoms with Gasteiger partial charge in [0.05, 0.1) is 5.69 Å². The molecule has 80 valence electrons. The number of hydrogen-bond donors (Lipinski definition) is 3. The van der Waals surface area contributed by atoms with E-state index in [1.807, 2.05) is 19.3 Å². The van der Waals surface area contributed by atoms with Crippen LogP contribution in [0.25, 0.3) is 0 Å². The van der Waals surface area contributed by atoms with Crippen LogP contribution in [0.3, 0.4) is 0 Å². The number of rotatable bonds is 4. The molecule has 0 radical (unpaired) electrons. The molecule has 2 heterocycles. The molecule has 0 saturated carbocycles. The van der Waals surface area contributed by atoms with Gasteiger partial charge >= 0.3 is 0 Å². The Morgan fingerprint density at radius 2 is 2.47 bits per heavy atom. The van der Waals surface area contributed by atoms with Crippen molar-refractivity contribution in [3.63, 3.8) is 0 Å². The van der Waals surface area contributed by atoms with Crippen molar-refractivity contribution in [2.24, 2.45) is 7.05 Å². The summed E-state index contributed by atoms with van der Waals surface area (Å²) in [5.74, 6) is 0.832. The number of aryl methyl sites for hydroxylation is 1. The van der Waals surface area contributed by atoms with E-state index in [0.29, 0.717) is 11.9 Å². The highest BCUT2D eigenvalue weighted by Crippen LogP contribution is 2.00. The molecule has 2 rings (SSSR count). The Labute approximate surface area is 86.7 Å². The first-order valence-electron chi connectivity index (χ1n) is 4.64. The molecule has 0 fully saturated rings. The van der Waals surface area contributed by atoms with E-state index >= 15 is 0 Å². The highest BCUT2D eigenvalue weighted by Gasteiger charge is 2.00. The van der Waals surface area contributed by atoms with Gasteiger partial charge in [0.15, 0.2) is 0 Å². The van der Waals surface area contributed by atoms with E-state index in [2.05, 4.69) is 25.6 Å². The van der Waals surface area contributed by atoms with Crippen LogP contribution in [0.15, 0.2) is 12.3 Å². The number of aromatic nitrogens is 5. The molecule has 7 nitrogen and oxygen atoms in total. The van der Waals surface area contributed by atoms with Gasteiger partial charge in [0.1, 0.15) is 0 Å². The van der Waals surface area contributed by atoms with Crippen molar-refractivity contribution in [2.75, 3.05) is 17.6 Å². The fourth-order valence-electron chi connectivity index (χ4n) is 1.25. The third-order valence-electron chi connectivity index (χ3n) is 1.94. The predicted octanol–water partition coefficient (Wildman–Crippen LogP) is -0.225. The molecule has 0 spiro atoms. The Bertz CT molecular complexity index is 389. The summed E-state index contributed by atoms with van der Waals surface area (Å²) in [4.78, 5) is 3.92. The van der Waals surface area contributed by atoms with Crippen LogP contribution < -0.4 is 11.1 Å². The van der Waals surface area contributed by atoms with Gasteiger partial charge < -0.3 is 11.1 Å². The number of aromatic amines is 1. The van der Waals surface area contributed by atoms with E-state index in [1.54, 1.807) is 4.68 Å². The van der Waals surface area contributed by atoms with Gasteiger partial charge in [-0.1, -0.05) is 0 Å². The van der Waals surface area contributed by atoms with E-state index in [-0.39, 0.29) is 0 Å². The standard InChI is InChI=1S/C8H13N7/c1-15-5-3-6(14-15)2-4-10-8-11-7(9)12-13-8/h3,5H,2,4H2,1H3,(H4,9,10,11,12,13). The predicted molar refractivity (Wildman–Crippen MR) is 56.2 cm³/mol. The summed E-state index contributed by atoms with van der Waals surface area (Å²) in [5.41, 5.74) is 6.42. The molecule has 0 aliphatic rings. The van der Waals surface area contributed by atoms with Crippen molar-refractivity contribution in [2.45, 2.75) is 6.42 Å². The molecule has 0 bridgehead atoms. The zero-order valence-corrected chi connectivity index (χ0v) is 8.44. The average molecular weight is 207 g/mol. The van der Waals surface area contributed by atoms with Crippen LogP contribution in [0.5, 0.6) is 0 Å². The molecule has 0 unspecified atom stereocenters. The molecule has 2 aromatic rings. The second kappa shape index (κ2) is 3.99. The highest BCUT2D eigenvalue weighted by atomic mass is 15.3. The van der Waals surface area contributed by atoms with Gasteiger partial charge in [-0.05, 0) is 6.07 Å². The summed E-state index contributed by atoms with van der Waals surface area (Å²) >= 11 is 0. The number of nitrogens with one attached hydrogen (secondary N) is 2. The van der Waals surface area contributed by atoms with E-state index in [9.17, 15) is 0 Å². The van der Waals surface area contributed by atoms with Crippen LogP contribution in [0, 0.1) is 0 Å². The molecule has 7 heteroatoms. The maximum absolute atomic E-state index is 5.38. The summed E-state index contributed by atoms with van der Waals surface area (Å²) in [5, 5.41) is 13.7. The zero-order valence-electron chi connectivity index (χ0n) is 8.44. The number of anilines is 2. The molecule has 0 amide bonds.